The van der Waals surface area contributed by atoms with Gasteiger partial charge in [0.25, 0.3) is 0 Å². The summed E-state index contributed by atoms with van der Waals surface area (Å²) >= 11 is 6.79. The fourth-order valence-electron chi connectivity index (χ4n) is 4.41. The molecule has 5 nitrogen and oxygen atoms in total. The monoisotopic (exact) mass is 466 g/mol. The molecular formula is C23H26ClF3N4O. The lowest BCUT2D eigenvalue weighted by molar-refractivity contribution is -0.183. The molecule has 32 heavy (non-hydrogen) atoms. The van der Waals surface area contributed by atoms with Crippen molar-refractivity contribution in [3.05, 3.63) is 40.8 Å². The van der Waals surface area contributed by atoms with E-state index in [0.29, 0.717) is 34.8 Å². The SMILES string of the molecule is COc1nc2ccc(-c3cnc(C)n3C)cc2c(Cl)c1CNC1CCCC(C(F)(F)F)C1. The second-order valence-electron chi connectivity index (χ2n) is 8.38. The van der Waals surface area contributed by atoms with E-state index in [1.165, 1.54) is 7.11 Å². The molecule has 9 heteroatoms. The van der Waals surface area contributed by atoms with Gasteiger partial charge >= 0.3 is 6.18 Å². The molecule has 172 valence electrons. The minimum atomic E-state index is -4.15. The fraction of sp³-hybridized carbons (Fsp3) is 0.478. The van der Waals surface area contributed by atoms with Crippen LogP contribution in [0.3, 0.4) is 0 Å². The van der Waals surface area contributed by atoms with E-state index in [0.717, 1.165) is 22.5 Å². The van der Waals surface area contributed by atoms with Crippen molar-refractivity contribution in [2.45, 2.75) is 51.4 Å². The number of benzene rings is 1. The molecule has 1 fully saturated rings. The molecule has 3 aromatic rings. The van der Waals surface area contributed by atoms with Crippen LogP contribution in [-0.2, 0) is 13.6 Å². The summed E-state index contributed by atoms with van der Waals surface area (Å²) in [7, 11) is 3.46. The second-order valence-corrected chi connectivity index (χ2v) is 8.76. The van der Waals surface area contributed by atoms with Crippen molar-refractivity contribution < 1.29 is 17.9 Å². The summed E-state index contributed by atoms with van der Waals surface area (Å²) in [4.78, 5) is 8.93. The Morgan fingerprint density at radius 1 is 1.28 bits per heavy atom. The minimum absolute atomic E-state index is 0.0778. The number of rotatable bonds is 5. The van der Waals surface area contributed by atoms with Gasteiger partial charge in [0, 0.05) is 36.1 Å². The van der Waals surface area contributed by atoms with Gasteiger partial charge in [-0.1, -0.05) is 24.1 Å². The number of aryl methyl sites for hydroxylation is 1. The van der Waals surface area contributed by atoms with Crippen molar-refractivity contribution in [1.82, 2.24) is 19.9 Å². The Labute approximate surface area is 190 Å². The lowest BCUT2D eigenvalue weighted by Gasteiger charge is -2.31. The lowest BCUT2D eigenvalue weighted by atomic mass is 9.85. The van der Waals surface area contributed by atoms with Crippen molar-refractivity contribution >= 4 is 22.5 Å². The molecule has 0 amide bonds. The topological polar surface area (TPSA) is 52.0 Å². The summed E-state index contributed by atoms with van der Waals surface area (Å²) in [6, 6.07) is 5.58. The average Bonchev–Trinajstić information content (AvgIpc) is 3.10. The van der Waals surface area contributed by atoms with E-state index in [4.69, 9.17) is 16.3 Å². The van der Waals surface area contributed by atoms with Crippen LogP contribution in [-0.4, -0.2) is 33.9 Å². The first-order valence-corrected chi connectivity index (χ1v) is 11.0. The first-order chi connectivity index (χ1) is 15.2. The van der Waals surface area contributed by atoms with Gasteiger partial charge in [0.05, 0.1) is 35.5 Å². The molecule has 1 saturated carbocycles. The van der Waals surface area contributed by atoms with Crippen LogP contribution >= 0.6 is 11.6 Å². The molecule has 0 aliphatic heterocycles. The van der Waals surface area contributed by atoms with Gasteiger partial charge in [-0.15, -0.1) is 0 Å². The second kappa shape index (κ2) is 8.90. The highest BCUT2D eigenvalue weighted by molar-refractivity contribution is 6.36. The highest BCUT2D eigenvalue weighted by Gasteiger charge is 2.42. The van der Waals surface area contributed by atoms with Crippen LogP contribution < -0.4 is 10.1 Å². The van der Waals surface area contributed by atoms with Crippen LogP contribution in [0.1, 0.15) is 37.1 Å². The number of methoxy groups -OCH3 is 1. The normalized spacial score (nSPS) is 19.5. The smallest absolute Gasteiger partial charge is 0.391 e. The van der Waals surface area contributed by atoms with Crippen molar-refractivity contribution in [1.29, 1.82) is 0 Å². The number of nitrogens with one attached hydrogen (secondary N) is 1. The predicted octanol–water partition coefficient (Wildman–Crippen LogP) is 5.82. The Balaban J connectivity index is 1.63. The van der Waals surface area contributed by atoms with Crippen LogP contribution in [0.25, 0.3) is 22.2 Å². The number of alkyl halides is 3. The molecule has 1 aromatic carbocycles. The van der Waals surface area contributed by atoms with Crippen LogP contribution in [0.15, 0.2) is 24.4 Å². The Kier molecular flexibility index (Phi) is 6.36. The van der Waals surface area contributed by atoms with Crippen LogP contribution in [0.4, 0.5) is 13.2 Å². The van der Waals surface area contributed by atoms with Gasteiger partial charge < -0.3 is 14.6 Å². The first-order valence-electron chi connectivity index (χ1n) is 10.6. The van der Waals surface area contributed by atoms with Crippen LogP contribution in [0.2, 0.25) is 5.02 Å². The van der Waals surface area contributed by atoms with Crippen molar-refractivity contribution in [2.24, 2.45) is 13.0 Å². The zero-order valence-corrected chi connectivity index (χ0v) is 19.0. The molecule has 4 rings (SSSR count). The minimum Gasteiger partial charge on any atom is -0.481 e. The number of hydrogen-bond donors (Lipinski definition) is 1. The van der Waals surface area contributed by atoms with Crippen molar-refractivity contribution in [3.63, 3.8) is 0 Å². The summed E-state index contributed by atoms with van der Waals surface area (Å²) in [5.74, 6) is 0.0154. The fourth-order valence-corrected chi connectivity index (χ4v) is 4.71. The molecule has 2 unspecified atom stereocenters. The number of halogens is 4. The van der Waals surface area contributed by atoms with E-state index in [9.17, 15) is 13.2 Å². The van der Waals surface area contributed by atoms with E-state index in [-0.39, 0.29) is 25.4 Å². The van der Waals surface area contributed by atoms with Crippen LogP contribution in [0.5, 0.6) is 5.88 Å². The number of fused-ring (bicyclic) bond motifs is 1. The first kappa shape index (κ1) is 22.9. The molecule has 1 aliphatic carbocycles. The number of hydrogen-bond acceptors (Lipinski definition) is 4. The summed E-state index contributed by atoms with van der Waals surface area (Å²) in [5, 5.41) is 4.51. The van der Waals surface area contributed by atoms with Gasteiger partial charge in [-0.05, 0) is 38.3 Å². The highest BCUT2D eigenvalue weighted by atomic mass is 35.5. The maximum absolute atomic E-state index is 13.2. The number of nitrogens with zero attached hydrogens (tertiary/aromatic N) is 3. The Morgan fingerprint density at radius 2 is 2.06 bits per heavy atom. The molecular weight excluding hydrogens is 441 g/mol. The number of imidazole rings is 1. The molecule has 2 atom stereocenters. The van der Waals surface area contributed by atoms with Gasteiger partial charge in [-0.3, -0.25) is 0 Å². The third kappa shape index (κ3) is 4.43. The zero-order valence-electron chi connectivity index (χ0n) is 18.3. The predicted molar refractivity (Wildman–Crippen MR) is 119 cm³/mol. The van der Waals surface area contributed by atoms with E-state index in [1.54, 1.807) is 0 Å². The molecule has 0 bridgehead atoms. The Bertz CT molecular complexity index is 1130. The molecule has 1 aliphatic rings. The molecule has 2 heterocycles. The quantitative estimate of drug-likeness (QED) is 0.515. The molecule has 0 saturated heterocycles. The molecule has 1 N–H and O–H groups in total. The van der Waals surface area contributed by atoms with Gasteiger partial charge in [-0.2, -0.15) is 13.2 Å². The summed E-state index contributed by atoms with van der Waals surface area (Å²) in [5.41, 5.74) is 3.24. The maximum Gasteiger partial charge on any atom is 0.391 e. The molecule has 2 aromatic heterocycles. The number of aromatic nitrogens is 3. The third-order valence-corrected chi connectivity index (χ3v) is 6.82. The van der Waals surface area contributed by atoms with E-state index in [1.807, 2.05) is 42.9 Å². The summed E-state index contributed by atoms with van der Waals surface area (Å²) in [6.07, 6.45) is -0.813. The third-order valence-electron chi connectivity index (χ3n) is 6.39. The van der Waals surface area contributed by atoms with Crippen LogP contribution in [0, 0.1) is 12.8 Å². The molecule has 0 spiro atoms. The van der Waals surface area contributed by atoms with Gasteiger partial charge in [0.2, 0.25) is 5.88 Å². The summed E-state index contributed by atoms with van der Waals surface area (Å²) in [6.45, 7) is 2.22. The zero-order chi connectivity index (χ0) is 23.0. The Morgan fingerprint density at radius 3 is 2.72 bits per heavy atom. The van der Waals surface area contributed by atoms with Crippen molar-refractivity contribution in [3.8, 4) is 17.1 Å². The van der Waals surface area contributed by atoms with E-state index < -0.39 is 12.1 Å². The van der Waals surface area contributed by atoms with E-state index >= 15 is 0 Å². The lowest BCUT2D eigenvalue weighted by Crippen LogP contribution is -2.38. The average molecular weight is 467 g/mol. The standard InChI is InChI=1S/C23H26ClF3N4O/c1-13-28-12-20(31(13)2)14-7-8-19-17(9-14)21(24)18(22(30-19)32-3)11-29-16-6-4-5-15(10-16)23(25,26)27/h7-9,12,15-16,29H,4-6,10-11H2,1-3H3. The van der Waals surface area contributed by atoms with Gasteiger partial charge in [-0.25, -0.2) is 9.97 Å². The van der Waals surface area contributed by atoms with Gasteiger partial charge in [0.1, 0.15) is 5.82 Å². The summed E-state index contributed by atoms with van der Waals surface area (Å²) < 4.78 is 46.9. The van der Waals surface area contributed by atoms with Gasteiger partial charge in [0.15, 0.2) is 0 Å². The largest absolute Gasteiger partial charge is 0.481 e. The highest BCUT2D eigenvalue weighted by Crippen LogP contribution is 2.38. The maximum atomic E-state index is 13.2. The number of pyridine rings is 1. The Hall–Kier alpha value is -2.32. The van der Waals surface area contributed by atoms with E-state index in [2.05, 4.69) is 15.3 Å². The van der Waals surface area contributed by atoms with Crippen molar-refractivity contribution in [2.75, 3.05) is 7.11 Å². The molecule has 0 radical (unpaired) electrons. The number of ether oxygens (including phenoxy) is 1.